The van der Waals surface area contributed by atoms with Crippen LogP contribution in [-0.4, -0.2) is 22.0 Å². The lowest BCUT2D eigenvalue weighted by atomic mass is 10.2. The van der Waals surface area contributed by atoms with E-state index in [2.05, 4.69) is 0 Å². The van der Waals surface area contributed by atoms with Gasteiger partial charge < -0.3 is 4.74 Å². The Morgan fingerprint density at radius 2 is 2.05 bits per heavy atom. The van der Waals surface area contributed by atoms with Crippen molar-refractivity contribution < 1.29 is 14.3 Å². The van der Waals surface area contributed by atoms with Crippen molar-refractivity contribution in [2.24, 2.45) is 0 Å². The molecule has 5 heteroatoms. The maximum absolute atomic E-state index is 12.1. The molecule has 2 heterocycles. The number of ether oxygens (including phenoxy) is 1. The molecule has 0 atom stereocenters. The van der Waals surface area contributed by atoms with Crippen molar-refractivity contribution in [1.82, 2.24) is 4.57 Å². The molecule has 19 heavy (non-hydrogen) atoms. The van der Waals surface area contributed by atoms with E-state index in [9.17, 15) is 9.59 Å². The zero-order valence-corrected chi connectivity index (χ0v) is 12.3. The predicted molar refractivity (Wildman–Crippen MR) is 75.8 cm³/mol. The van der Waals surface area contributed by atoms with Crippen molar-refractivity contribution in [3.63, 3.8) is 0 Å². The second-order valence-corrected chi connectivity index (χ2v) is 6.43. The van der Waals surface area contributed by atoms with Gasteiger partial charge in [0.1, 0.15) is 11.4 Å². The van der Waals surface area contributed by atoms with Crippen LogP contribution in [0.1, 0.15) is 33.3 Å². The van der Waals surface area contributed by atoms with E-state index in [0.29, 0.717) is 6.42 Å². The van der Waals surface area contributed by atoms with Gasteiger partial charge in [0.15, 0.2) is 0 Å². The number of aromatic nitrogens is 1. The molecule has 2 aromatic rings. The van der Waals surface area contributed by atoms with Crippen LogP contribution < -0.4 is 0 Å². The van der Waals surface area contributed by atoms with Gasteiger partial charge in [0, 0.05) is 12.6 Å². The quantitative estimate of drug-likeness (QED) is 0.843. The summed E-state index contributed by atoms with van der Waals surface area (Å²) in [6.07, 6.45) is 1.63. The Morgan fingerprint density at radius 3 is 2.63 bits per heavy atom. The third-order valence-electron chi connectivity index (χ3n) is 2.51. The molecule has 2 aromatic heterocycles. The molecule has 4 nitrogen and oxygen atoms in total. The van der Waals surface area contributed by atoms with Gasteiger partial charge in [-0.15, -0.1) is 11.3 Å². The van der Waals surface area contributed by atoms with E-state index in [4.69, 9.17) is 4.74 Å². The van der Waals surface area contributed by atoms with Crippen LogP contribution in [0.3, 0.4) is 0 Å². The molecule has 0 aromatic carbocycles. The topological polar surface area (TPSA) is 48.3 Å². The van der Waals surface area contributed by atoms with Gasteiger partial charge in [-0.3, -0.25) is 9.36 Å². The lowest BCUT2D eigenvalue weighted by molar-refractivity contribution is -0.116. The number of thiophene rings is 1. The van der Waals surface area contributed by atoms with Crippen LogP contribution >= 0.6 is 11.3 Å². The first-order chi connectivity index (χ1) is 8.78. The smallest absolute Gasteiger partial charge is 0.419 e. The van der Waals surface area contributed by atoms with Crippen LogP contribution in [0, 0.1) is 0 Å². The van der Waals surface area contributed by atoms with E-state index < -0.39 is 11.7 Å². The van der Waals surface area contributed by atoms with Crippen LogP contribution in [0.2, 0.25) is 0 Å². The minimum absolute atomic E-state index is 0.0802. The first-order valence-corrected chi connectivity index (χ1v) is 6.96. The summed E-state index contributed by atoms with van der Waals surface area (Å²) in [6.45, 7) is 7.03. The number of rotatable bonds is 2. The molecule has 0 aliphatic rings. The van der Waals surface area contributed by atoms with Gasteiger partial charge in [0.2, 0.25) is 0 Å². The van der Waals surface area contributed by atoms with Crippen molar-refractivity contribution in [3.8, 4) is 0 Å². The standard InChI is InChI=1S/C14H17NO3S/c1-9(16)7-10-8-15(11-5-6-19-12(10)11)13(17)18-14(2,3)4/h5-6,8H,7H2,1-4H3. The maximum Gasteiger partial charge on any atom is 0.419 e. The number of ketones is 1. The van der Waals surface area contributed by atoms with E-state index in [0.717, 1.165) is 15.8 Å². The second-order valence-electron chi connectivity index (χ2n) is 5.52. The molecular weight excluding hydrogens is 262 g/mol. The van der Waals surface area contributed by atoms with Gasteiger partial charge >= 0.3 is 6.09 Å². The Balaban J connectivity index is 2.41. The highest BCUT2D eigenvalue weighted by Crippen LogP contribution is 2.28. The monoisotopic (exact) mass is 279 g/mol. The SMILES string of the molecule is CC(=O)Cc1cn(C(=O)OC(C)(C)C)c2ccsc12. The van der Waals surface area contributed by atoms with Gasteiger partial charge in [-0.1, -0.05) is 0 Å². The Hall–Kier alpha value is -1.62. The predicted octanol–water partition coefficient (Wildman–Crippen LogP) is 3.62. The summed E-state index contributed by atoms with van der Waals surface area (Å²) in [6, 6.07) is 1.87. The van der Waals surface area contributed by atoms with Crippen LogP contribution in [0.4, 0.5) is 4.79 Å². The third-order valence-corrected chi connectivity index (χ3v) is 3.49. The molecule has 0 aliphatic carbocycles. The highest BCUT2D eigenvalue weighted by molar-refractivity contribution is 7.17. The average Bonchev–Trinajstić information content (AvgIpc) is 2.77. The lowest BCUT2D eigenvalue weighted by Gasteiger charge is -2.19. The van der Waals surface area contributed by atoms with Gasteiger partial charge in [0.25, 0.3) is 0 Å². The minimum Gasteiger partial charge on any atom is -0.443 e. The van der Waals surface area contributed by atoms with Crippen molar-refractivity contribution in [2.45, 2.75) is 39.7 Å². The molecule has 0 unspecified atom stereocenters. The molecule has 0 aliphatic heterocycles. The molecule has 0 radical (unpaired) electrons. The summed E-state index contributed by atoms with van der Waals surface area (Å²) in [5.74, 6) is 0.0802. The zero-order valence-electron chi connectivity index (χ0n) is 11.5. The number of nitrogens with zero attached hydrogens (tertiary/aromatic N) is 1. The fourth-order valence-electron chi connectivity index (χ4n) is 1.87. The largest absolute Gasteiger partial charge is 0.443 e. The van der Waals surface area contributed by atoms with Crippen molar-refractivity contribution >= 4 is 33.4 Å². The number of carbonyl (C=O) groups is 2. The lowest BCUT2D eigenvalue weighted by Crippen LogP contribution is -2.26. The summed E-state index contributed by atoms with van der Waals surface area (Å²) in [5, 5.41) is 1.91. The third kappa shape index (κ3) is 3.04. The molecule has 0 saturated carbocycles. The van der Waals surface area contributed by atoms with Crippen molar-refractivity contribution in [2.75, 3.05) is 0 Å². The molecule has 0 saturated heterocycles. The fraction of sp³-hybridized carbons (Fsp3) is 0.429. The maximum atomic E-state index is 12.1. The molecule has 0 spiro atoms. The van der Waals surface area contributed by atoms with Crippen molar-refractivity contribution in [1.29, 1.82) is 0 Å². The summed E-state index contributed by atoms with van der Waals surface area (Å²) < 4.78 is 7.82. The van der Waals surface area contributed by atoms with Crippen LogP contribution in [0.25, 0.3) is 10.2 Å². The van der Waals surface area contributed by atoms with Gasteiger partial charge in [-0.05, 0) is 44.7 Å². The Morgan fingerprint density at radius 1 is 1.37 bits per heavy atom. The number of carbonyl (C=O) groups excluding carboxylic acids is 2. The van der Waals surface area contributed by atoms with E-state index in [1.807, 2.05) is 32.2 Å². The summed E-state index contributed by atoms with van der Waals surface area (Å²) >= 11 is 1.53. The Bertz CT molecular complexity index is 631. The Labute approximate surface area is 116 Å². The zero-order chi connectivity index (χ0) is 14.2. The molecule has 2 rings (SSSR count). The van der Waals surface area contributed by atoms with Gasteiger partial charge in [-0.2, -0.15) is 0 Å². The minimum atomic E-state index is -0.537. The van der Waals surface area contributed by atoms with E-state index in [1.165, 1.54) is 15.9 Å². The highest BCUT2D eigenvalue weighted by Gasteiger charge is 2.21. The summed E-state index contributed by atoms with van der Waals surface area (Å²) in [7, 11) is 0. The Kier molecular flexibility index (Phi) is 3.49. The molecular formula is C14H17NO3S. The van der Waals surface area contributed by atoms with E-state index >= 15 is 0 Å². The van der Waals surface area contributed by atoms with Crippen LogP contribution in [-0.2, 0) is 16.0 Å². The summed E-state index contributed by atoms with van der Waals surface area (Å²) in [5.41, 5.74) is 1.14. The van der Waals surface area contributed by atoms with Crippen LogP contribution in [0.15, 0.2) is 17.6 Å². The van der Waals surface area contributed by atoms with Gasteiger partial charge in [-0.25, -0.2) is 4.79 Å². The first kappa shape index (κ1) is 13.8. The van der Waals surface area contributed by atoms with E-state index in [-0.39, 0.29) is 5.78 Å². The fourth-order valence-corrected chi connectivity index (χ4v) is 2.77. The van der Waals surface area contributed by atoms with Gasteiger partial charge in [0.05, 0.1) is 10.2 Å². The van der Waals surface area contributed by atoms with Crippen LogP contribution in [0.5, 0.6) is 0 Å². The molecule has 0 fully saturated rings. The summed E-state index contributed by atoms with van der Waals surface area (Å²) in [4.78, 5) is 23.4. The molecule has 0 N–H and O–H groups in total. The molecule has 0 bridgehead atoms. The number of hydrogen-bond donors (Lipinski definition) is 0. The number of hydrogen-bond acceptors (Lipinski definition) is 4. The molecule has 102 valence electrons. The van der Waals surface area contributed by atoms with E-state index in [1.54, 1.807) is 13.1 Å². The normalized spacial score (nSPS) is 11.8. The average molecular weight is 279 g/mol. The van der Waals surface area contributed by atoms with Crippen molar-refractivity contribution in [3.05, 3.63) is 23.2 Å². The first-order valence-electron chi connectivity index (χ1n) is 6.08. The highest BCUT2D eigenvalue weighted by atomic mass is 32.1. The molecule has 0 amide bonds. The number of Topliss-reactive ketones (excluding diaryl/α,β-unsaturated/α-hetero) is 1. The second kappa shape index (κ2) is 4.81. The number of fused-ring (bicyclic) bond motifs is 1.